The van der Waals surface area contributed by atoms with Gasteiger partial charge in [-0.2, -0.15) is 15.4 Å². The molecule has 1 heterocycles. The highest BCUT2D eigenvalue weighted by molar-refractivity contribution is 6.30. The third-order valence-electron chi connectivity index (χ3n) is 3.75. The molecule has 0 radical (unpaired) electrons. The van der Waals surface area contributed by atoms with Crippen LogP contribution in [0.4, 0.5) is 0 Å². The van der Waals surface area contributed by atoms with Crippen LogP contribution >= 0.6 is 11.6 Å². The van der Waals surface area contributed by atoms with Crippen LogP contribution in [0.5, 0.6) is 0 Å². The van der Waals surface area contributed by atoms with Crippen LogP contribution in [0.3, 0.4) is 0 Å². The van der Waals surface area contributed by atoms with Gasteiger partial charge < -0.3 is 10.1 Å². The fourth-order valence-electron chi connectivity index (χ4n) is 2.42. The summed E-state index contributed by atoms with van der Waals surface area (Å²) in [5.41, 5.74) is 2.43. The summed E-state index contributed by atoms with van der Waals surface area (Å²) in [6, 6.07) is 11.4. The molecule has 0 saturated heterocycles. The van der Waals surface area contributed by atoms with Crippen LogP contribution in [0.15, 0.2) is 42.5 Å². The number of rotatable bonds is 5. The number of nitrogens with zero attached hydrogens (tertiary/aromatic N) is 2. The van der Waals surface area contributed by atoms with Crippen molar-refractivity contribution < 1.29 is 14.3 Å². The van der Waals surface area contributed by atoms with Crippen molar-refractivity contribution in [3.63, 3.8) is 0 Å². The minimum absolute atomic E-state index is 0.01000. The van der Waals surface area contributed by atoms with Gasteiger partial charge in [-0.05, 0) is 35.9 Å². The van der Waals surface area contributed by atoms with E-state index >= 15 is 0 Å². The van der Waals surface area contributed by atoms with Crippen molar-refractivity contribution in [3.05, 3.63) is 58.6 Å². The molecule has 3 rings (SSSR count). The molecule has 2 aromatic carbocycles. The highest BCUT2D eigenvalue weighted by Gasteiger charge is 2.20. The van der Waals surface area contributed by atoms with Crippen molar-refractivity contribution in [2.45, 2.75) is 12.5 Å². The zero-order valence-electron chi connectivity index (χ0n) is 13.3. The minimum atomic E-state index is -0.537. The van der Waals surface area contributed by atoms with Crippen LogP contribution in [-0.4, -0.2) is 34.4 Å². The van der Waals surface area contributed by atoms with Gasteiger partial charge in [0, 0.05) is 10.6 Å². The Morgan fingerprint density at radius 3 is 2.60 bits per heavy atom. The van der Waals surface area contributed by atoms with Gasteiger partial charge in [0.25, 0.3) is 5.91 Å². The molecule has 0 aliphatic carbocycles. The number of H-pyrrole nitrogens is 1. The van der Waals surface area contributed by atoms with Gasteiger partial charge in [0.15, 0.2) is 0 Å². The molecule has 1 amide bonds. The first-order valence-corrected chi connectivity index (χ1v) is 7.88. The molecule has 0 fully saturated rings. The maximum Gasteiger partial charge on any atom is 0.307 e. The smallest absolute Gasteiger partial charge is 0.307 e. The summed E-state index contributed by atoms with van der Waals surface area (Å²) in [6.45, 7) is 0. The third-order valence-corrected chi connectivity index (χ3v) is 4.01. The number of aromatic amines is 1. The fraction of sp³-hybridized carbons (Fsp3) is 0.176. The van der Waals surface area contributed by atoms with E-state index < -0.39 is 12.0 Å². The molecule has 0 aliphatic rings. The van der Waals surface area contributed by atoms with E-state index in [1.807, 2.05) is 0 Å². The van der Waals surface area contributed by atoms with Gasteiger partial charge in [-0.3, -0.25) is 9.59 Å². The molecule has 0 aliphatic heterocycles. The number of nitrogens with one attached hydrogen (secondary N) is 2. The second-order valence-electron chi connectivity index (χ2n) is 5.38. The lowest BCUT2D eigenvalue weighted by molar-refractivity contribution is -0.141. The summed E-state index contributed by atoms with van der Waals surface area (Å²) in [6.07, 6.45) is 0.01000. The number of esters is 1. The number of halogens is 1. The molecule has 25 heavy (non-hydrogen) atoms. The molecule has 7 nitrogen and oxygen atoms in total. The summed E-state index contributed by atoms with van der Waals surface area (Å²) in [4.78, 5) is 24.3. The second-order valence-corrected chi connectivity index (χ2v) is 5.82. The lowest BCUT2D eigenvalue weighted by Gasteiger charge is -2.18. The van der Waals surface area contributed by atoms with Crippen LogP contribution in [0.1, 0.15) is 28.4 Å². The van der Waals surface area contributed by atoms with E-state index in [1.165, 1.54) is 7.11 Å². The molecular formula is C17H15ClN4O3. The molecule has 8 heteroatoms. The number of carbonyl (C=O) groups excluding carboxylic acids is 2. The van der Waals surface area contributed by atoms with Gasteiger partial charge in [0.05, 0.1) is 19.6 Å². The second kappa shape index (κ2) is 7.31. The predicted molar refractivity (Wildman–Crippen MR) is 92.2 cm³/mol. The highest BCUT2D eigenvalue weighted by atomic mass is 35.5. The van der Waals surface area contributed by atoms with Gasteiger partial charge in [0.2, 0.25) is 0 Å². The summed E-state index contributed by atoms with van der Waals surface area (Å²) >= 11 is 5.90. The predicted octanol–water partition coefficient (Wildman–Crippen LogP) is 2.65. The van der Waals surface area contributed by atoms with E-state index in [4.69, 9.17) is 16.3 Å². The van der Waals surface area contributed by atoms with E-state index in [0.29, 0.717) is 21.6 Å². The van der Waals surface area contributed by atoms with Crippen molar-refractivity contribution in [1.82, 2.24) is 20.7 Å². The van der Waals surface area contributed by atoms with Gasteiger partial charge in [-0.25, -0.2) is 0 Å². The molecule has 3 aromatic rings. The molecule has 0 saturated carbocycles. The Morgan fingerprint density at radius 2 is 1.88 bits per heavy atom. The van der Waals surface area contributed by atoms with Gasteiger partial charge >= 0.3 is 5.97 Å². The maximum absolute atomic E-state index is 12.6. The number of benzene rings is 2. The number of ether oxygens (including phenoxy) is 1. The summed E-state index contributed by atoms with van der Waals surface area (Å²) in [5, 5.41) is 13.8. The molecule has 1 unspecified atom stereocenters. The Balaban J connectivity index is 1.83. The lowest BCUT2D eigenvalue weighted by Crippen LogP contribution is -2.30. The average Bonchev–Trinajstić information content (AvgIpc) is 3.09. The first-order chi connectivity index (χ1) is 12.1. The monoisotopic (exact) mass is 358 g/mol. The number of fused-ring (bicyclic) bond motifs is 1. The standard InChI is InChI=1S/C17H15ClN4O3/c1-25-16(23)9-14(10-2-5-12(18)6-3-10)19-17(24)11-4-7-13-15(8-11)21-22-20-13/h2-8,14H,9H2,1H3,(H,19,24)(H,20,21,22). The van der Waals surface area contributed by atoms with Crippen molar-refractivity contribution in [3.8, 4) is 0 Å². The SMILES string of the molecule is COC(=O)CC(NC(=O)c1ccc2n[nH]nc2c1)c1ccc(Cl)cc1. The molecular weight excluding hydrogens is 344 g/mol. The Morgan fingerprint density at radius 1 is 1.16 bits per heavy atom. The molecule has 1 aromatic heterocycles. The van der Waals surface area contributed by atoms with E-state index in [-0.39, 0.29) is 12.3 Å². The number of aromatic nitrogens is 3. The van der Waals surface area contributed by atoms with Gasteiger partial charge in [-0.1, -0.05) is 23.7 Å². The van der Waals surface area contributed by atoms with Gasteiger partial charge in [0.1, 0.15) is 11.0 Å². The lowest BCUT2D eigenvalue weighted by atomic mass is 10.0. The Labute approximate surface area is 148 Å². The number of carbonyl (C=O) groups is 2. The summed E-state index contributed by atoms with van der Waals surface area (Å²) in [5.74, 6) is -0.749. The van der Waals surface area contributed by atoms with Crippen molar-refractivity contribution in [1.29, 1.82) is 0 Å². The average molecular weight is 359 g/mol. The van der Waals surface area contributed by atoms with Crippen LogP contribution in [-0.2, 0) is 9.53 Å². The Hall–Kier alpha value is -2.93. The maximum atomic E-state index is 12.6. The number of amides is 1. The Kier molecular flexibility index (Phi) is 4.95. The first kappa shape index (κ1) is 16.9. The summed E-state index contributed by atoms with van der Waals surface area (Å²) < 4.78 is 4.72. The largest absolute Gasteiger partial charge is 0.469 e. The highest BCUT2D eigenvalue weighted by Crippen LogP contribution is 2.21. The van der Waals surface area contributed by atoms with Crippen LogP contribution in [0.25, 0.3) is 11.0 Å². The Bertz CT molecular complexity index is 908. The van der Waals surface area contributed by atoms with Crippen LogP contribution in [0.2, 0.25) is 5.02 Å². The molecule has 0 bridgehead atoms. The molecule has 2 N–H and O–H groups in total. The van der Waals surface area contributed by atoms with E-state index in [2.05, 4.69) is 20.7 Å². The number of hydrogen-bond donors (Lipinski definition) is 2. The number of hydrogen-bond acceptors (Lipinski definition) is 5. The van der Waals surface area contributed by atoms with E-state index in [9.17, 15) is 9.59 Å². The molecule has 128 valence electrons. The fourth-order valence-corrected chi connectivity index (χ4v) is 2.55. The van der Waals surface area contributed by atoms with Crippen LogP contribution < -0.4 is 5.32 Å². The quantitative estimate of drug-likeness (QED) is 0.683. The number of methoxy groups -OCH3 is 1. The van der Waals surface area contributed by atoms with Crippen molar-refractivity contribution in [2.24, 2.45) is 0 Å². The molecule has 1 atom stereocenters. The van der Waals surface area contributed by atoms with Crippen molar-refractivity contribution in [2.75, 3.05) is 7.11 Å². The van der Waals surface area contributed by atoms with E-state index in [1.54, 1.807) is 42.5 Å². The minimum Gasteiger partial charge on any atom is -0.469 e. The first-order valence-electron chi connectivity index (χ1n) is 7.50. The zero-order valence-corrected chi connectivity index (χ0v) is 14.1. The van der Waals surface area contributed by atoms with Crippen molar-refractivity contribution >= 4 is 34.5 Å². The van der Waals surface area contributed by atoms with Crippen LogP contribution in [0, 0.1) is 0 Å². The zero-order chi connectivity index (χ0) is 17.8. The topological polar surface area (TPSA) is 97.0 Å². The summed E-state index contributed by atoms with van der Waals surface area (Å²) in [7, 11) is 1.31. The third kappa shape index (κ3) is 3.95. The van der Waals surface area contributed by atoms with E-state index in [0.717, 1.165) is 5.56 Å². The normalized spacial score (nSPS) is 11.9. The molecule has 0 spiro atoms. The van der Waals surface area contributed by atoms with Gasteiger partial charge in [-0.15, -0.1) is 0 Å².